The van der Waals surface area contributed by atoms with Crippen molar-refractivity contribution in [1.82, 2.24) is 4.98 Å². The number of nitrogens with two attached hydrogens (primary N) is 1. The second kappa shape index (κ2) is 6.67. The van der Waals surface area contributed by atoms with Crippen LogP contribution in [-0.2, 0) is 0 Å². The van der Waals surface area contributed by atoms with Gasteiger partial charge in [-0.3, -0.25) is 4.79 Å². The van der Waals surface area contributed by atoms with Crippen LogP contribution in [-0.4, -0.2) is 28.5 Å². The second-order valence-corrected chi connectivity index (χ2v) is 4.73. The third-order valence-corrected chi connectivity index (χ3v) is 3.27. The molecule has 6 nitrogen and oxygen atoms in total. The zero-order valence-electron chi connectivity index (χ0n) is 10.6. The summed E-state index contributed by atoms with van der Waals surface area (Å²) < 4.78 is 0. The largest absolute Gasteiger partial charge is 0.409 e. The Bertz CT molecular complexity index is 584. The van der Waals surface area contributed by atoms with E-state index in [0.29, 0.717) is 12.2 Å². The summed E-state index contributed by atoms with van der Waals surface area (Å²) in [5.41, 5.74) is 8.21. The van der Waals surface area contributed by atoms with E-state index in [2.05, 4.69) is 10.1 Å². The van der Waals surface area contributed by atoms with Crippen molar-refractivity contribution in [2.75, 3.05) is 11.4 Å². The first-order chi connectivity index (χ1) is 9.72. The maximum Gasteiger partial charge on any atom is 0.277 e. The van der Waals surface area contributed by atoms with Gasteiger partial charge in [-0.1, -0.05) is 23.4 Å². The lowest BCUT2D eigenvalue weighted by Gasteiger charge is -2.21. The molecule has 3 N–H and O–H groups in total. The molecule has 2 aromatic rings. The zero-order chi connectivity index (χ0) is 14.4. The molecular weight excluding hydrogens is 276 g/mol. The Morgan fingerprint density at radius 2 is 2.15 bits per heavy atom. The number of carbonyl (C=O) groups excluding carboxylic acids is 1. The molecule has 0 bridgehead atoms. The number of anilines is 1. The fourth-order valence-electron chi connectivity index (χ4n) is 1.69. The Labute approximate surface area is 120 Å². The van der Waals surface area contributed by atoms with Crippen LogP contribution in [0.3, 0.4) is 0 Å². The SMILES string of the molecule is NC(CCN(C(=O)c1cscn1)c1ccccc1)=NO. The van der Waals surface area contributed by atoms with Crippen LogP contribution in [0.5, 0.6) is 0 Å². The Kier molecular flexibility index (Phi) is 4.67. The fourth-order valence-corrected chi connectivity index (χ4v) is 2.21. The summed E-state index contributed by atoms with van der Waals surface area (Å²) in [5.74, 6) is -0.125. The first-order valence-electron chi connectivity index (χ1n) is 5.94. The Balaban J connectivity index is 2.22. The number of rotatable bonds is 5. The number of amidine groups is 1. The van der Waals surface area contributed by atoms with Gasteiger partial charge in [0.1, 0.15) is 11.5 Å². The normalized spacial score (nSPS) is 11.3. The van der Waals surface area contributed by atoms with E-state index in [-0.39, 0.29) is 18.2 Å². The molecule has 0 aliphatic heterocycles. The number of benzene rings is 1. The van der Waals surface area contributed by atoms with E-state index in [0.717, 1.165) is 5.69 Å². The van der Waals surface area contributed by atoms with Crippen LogP contribution in [0.1, 0.15) is 16.9 Å². The smallest absolute Gasteiger partial charge is 0.277 e. The zero-order valence-corrected chi connectivity index (χ0v) is 11.5. The molecule has 0 aliphatic carbocycles. The number of amides is 1. The van der Waals surface area contributed by atoms with Crippen LogP contribution < -0.4 is 10.6 Å². The highest BCUT2D eigenvalue weighted by molar-refractivity contribution is 7.07. The minimum absolute atomic E-state index is 0.0806. The van der Waals surface area contributed by atoms with Gasteiger partial charge in [-0.25, -0.2) is 4.98 Å². The van der Waals surface area contributed by atoms with Gasteiger partial charge in [0.15, 0.2) is 0 Å². The maximum atomic E-state index is 12.4. The molecule has 0 spiro atoms. The van der Waals surface area contributed by atoms with Gasteiger partial charge in [-0.05, 0) is 12.1 Å². The van der Waals surface area contributed by atoms with E-state index in [1.54, 1.807) is 15.8 Å². The number of oxime groups is 1. The van der Waals surface area contributed by atoms with Crippen molar-refractivity contribution in [3.8, 4) is 0 Å². The van der Waals surface area contributed by atoms with Gasteiger partial charge >= 0.3 is 0 Å². The molecule has 0 saturated carbocycles. The first kappa shape index (κ1) is 14.0. The molecule has 0 saturated heterocycles. The molecule has 2 rings (SSSR count). The van der Waals surface area contributed by atoms with Crippen LogP contribution in [0.15, 0.2) is 46.4 Å². The topological polar surface area (TPSA) is 91.8 Å². The number of carbonyl (C=O) groups is 1. The number of nitrogens with zero attached hydrogens (tertiary/aromatic N) is 3. The molecule has 1 aromatic heterocycles. The van der Waals surface area contributed by atoms with Gasteiger partial charge in [-0.15, -0.1) is 11.3 Å². The van der Waals surface area contributed by atoms with E-state index in [1.165, 1.54) is 11.3 Å². The van der Waals surface area contributed by atoms with Crippen molar-refractivity contribution in [2.24, 2.45) is 10.9 Å². The third-order valence-electron chi connectivity index (χ3n) is 2.68. The molecule has 7 heteroatoms. The van der Waals surface area contributed by atoms with Crippen molar-refractivity contribution in [2.45, 2.75) is 6.42 Å². The van der Waals surface area contributed by atoms with Gasteiger partial charge in [0.05, 0.1) is 5.51 Å². The van der Waals surface area contributed by atoms with Gasteiger partial charge < -0.3 is 15.8 Å². The first-order valence-corrected chi connectivity index (χ1v) is 6.88. The van der Waals surface area contributed by atoms with Crippen molar-refractivity contribution >= 4 is 28.8 Å². The Morgan fingerprint density at radius 1 is 1.40 bits per heavy atom. The average Bonchev–Trinajstić information content (AvgIpc) is 3.02. The van der Waals surface area contributed by atoms with Crippen molar-refractivity contribution < 1.29 is 10.0 Å². The molecule has 1 aromatic carbocycles. The van der Waals surface area contributed by atoms with Crippen molar-refractivity contribution in [1.29, 1.82) is 0 Å². The van der Waals surface area contributed by atoms with Gasteiger partial charge in [0.25, 0.3) is 5.91 Å². The predicted molar refractivity (Wildman–Crippen MR) is 78.3 cm³/mol. The van der Waals surface area contributed by atoms with Crippen LogP contribution in [0.4, 0.5) is 5.69 Å². The molecule has 20 heavy (non-hydrogen) atoms. The minimum atomic E-state index is -0.205. The van der Waals surface area contributed by atoms with Crippen LogP contribution in [0, 0.1) is 0 Å². The quantitative estimate of drug-likeness (QED) is 0.381. The molecule has 0 radical (unpaired) electrons. The number of aromatic nitrogens is 1. The minimum Gasteiger partial charge on any atom is -0.409 e. The molecule has 1 amide bonds. The van der Waals surface area contributed by atoms with E-state index in [4.69, 9.17) is 10.9 Å². The number of thiazole rings is 1. The summed E-state index contributed by atoms with van der Waals surface area (Å²) >= 11 is 1.36. The molecular formula is C13H14N4O2S. The predicted octanol–water partition coefficient (Wildman–Crippen LogP) is 1.93. The van der Waals surface area contributed by atoms with Gasteiger partial charge in [0, 0.05) is 24.0 Å². The van der Waals surface area contributed by atoms with Gasteiger partial charge in [0.2, 0.25) is 0 Å². The number of hydrogen-bond acceptors (Lipinski definition) is 5. The highest BCUT2D eigenvalue weighted by Crippen LogP contribution is 2.17. The van der Waals surface area contributed by atoms with E-state index < -0.39 is 0 Å². The average molecular weight is 290 g/mol. The van der Waals surface area contributed by atoms with Crippen LogP contribution in [0.25, 0.3) is 0 Å². The molecule has 104 valence electrons. The van der Waals surface area contributed by atoms with E-state index >= 15 is 0 Å². The lowest BCUT2D eigenvalue weighted by atomic mass is 10.2. The molecule has 0 aliphatic rings. The standard InChI is InChI=1S/C13H14N4O2S/c14-12(16-19)6-7-17(10-4-2-1-3-5-10)13(18)11-8-20-9-15-11/h1-5,8-9,19H,6-7H2,(H2,14,16). The number of para-hydroxylation sites is 1. The van der Waals surface area contributed by atoms with Crippen LogP contribution >= 0.6 is 11.3 Å². The maximum absolute atomic E-state index is 12.4. The Hall–Kier alpha value is -2.41. The van der Waals surface area contributed by atoms with E-state index in [9.17, 15) is 4.79 Å². The Morgan fingerprint density at radius 3 is 2.75 bits per heavy atom. The molecule has 0 atom stereocenters. The second-order valence-electron chi connectivity index (χ2n) is 4.01. The summed E-state index contributed by atoms with van der Waals surface area (Å²) in [6, 6.07) is 9.23. The molecule has 1 heterocycles. The summed E-state index contributed by atoms with van der Waals surface area (Å²) in [7, 11) is 0. The molecule has 0 fully saturated rings. The highest BCUT2D eigenvalue weighted by Gasteiger charge is 2.19. The lowest BCUT2D eigenvalue weighted by molar-refractivity contribution is 0.0983. The summed E-state index contributed by atoms with van der Waals surface area (Å²) in [4.78, 5) is 18.0. The van der Waals surface area contributed by atoms with Crippen molar-refractivity contribution in [3.63, 3.8) is 0 Å². The highest BCUT2D eigenvalue weighted by atomic mass is 32.1. The summed E-state index contributed by atoms with van der Waals surface area (Å²) in [6.07, 6.45) is 0.279. The third kappa shape index (κ3) is 3.33. The fraction of sp³-hybridized carbons (Fsp3) is 0.154. The van der Waals surface area contributed by atoms with Crippen molar-refractivity contribution in [3.05, 3.63) is 46.9 Å². The summed E-state index contributed by atoms with van der Waals surface area (Å²) in [6.45, 7) is 0.316. The lowest BCUT2D eigenvalue weighted by Crippen LogP contribution is -2.34. The number of hydrogen-bond donors (Lipinski definition) is 2. The van der Waals surface area contributed by atoms with Crippen LogP contribution in [0.2, 0.25) is 0 Å². The summed E-state index contributed by atoms with van der Waals surface area (Å²) in [5, 5.41) is 13.2. The monoisotopic (exact) mass is 290 g/mol. The van der Waals surface area contributed by atoms with E-state index in [1.807, 2.05) is 30.3 Å². The van der Waals surface area contributed by atoms with Gasteiger partial charge in [-0.2, -0.15) is 0 Å². The molecule has 0 unspecified atom stereocenters.